The van der Waals surface area contributed by atoms with Gasteiger partial charge in [-0.1, -0.05) is 12.1 Å². The first-order valence-electron chi connectivity index (χ1n) is 7.21. The molecule has 0 spiro atoms. The van der Waals surface area contributed by atoms with Gasteiger partial charge < -0.3 is 9.15 Å². The first-order chi connectivity index (χ1) is 11.3. The average Bonchev–Trinajstić information content (AvgIpc) is 3.24. The number of rotatable bonds is 4. The number of benzene rings is 1. The lowest BCUT2D eigenvalue weighted by Crippen LogP contribution is -1.96. The molecule has 3 heterocycles. The Morgan fingerprint density at radius 2 is 2.00 bits per heavy atom. The van der Waals surface area contributed by atoms with Crippen LogP contribution in [0.3, 0.4) is 0 Å². The molecule has 0 saturated heterocycles. The predicted octanol–water partition coefficient (Wildman–Crippen LogP) is 2.98. The number of ether oxygens (including phenoxy) is 1. The van der Waals surface area contributed by atoms with E-state index in [0.717, 1.165) is 22.8 Å². The van der Waals surface area contributed by atoms with Crippen molar-refractivity contribution in [2.75, 3.05) is 7.11 Å². The molecular formula is C17H14N4O2. The summed E-state index contributed by atoms with van der Waals surface area (Å²) in [6.07, 6.45) is 3.97. The van der Waals surface area contributed by atoms with Crippen molar-refractivity contribution >= 4 is 5.78 Å². The molecule has 0 aliphatic rings. The fourth-order valence-corrected chi connectivity index (χ4v) is 2.45. The summed E-state index contributed by atoms with van der Waals surface area (Å²) in [4.78, 5) is 8.76. The van der Waals surface area contributed by atoms with Gasteiger partial charge >= 0.3 is 0 Å². The third-order valence-electron chi connectivity index (χ3n) is 3.58. The molecule has 0 bridgehead atoms. The lowest BCUT2D eigenvalue weighted by Gasteiger charge is -2.01. The molecule has 114 valence electrons. The Labute approximate surface area is 132 Å². The Morgan fingerprint density at radius 1 is 1.13 bits per heavy atom. The highest BCUT2D eigenvalue weighted by molar-refractivity contribution is 5.54. The quantitative estimate of drug-likeness (QED) is 0.580. The second-order valence-corrected chi connectivity index (χ2v) is 5.07. The highest BCUT2D eigenvalue weighted by atomic mass is 16.5. The smallest absolute Gasteiger partial charge is 0.253 e. The minimum Gasteiger partial charge on any atom is -0.497 e. The number of hydrogen-bond donors (Lipinski definition) is 0. The van der Waals surface area contributed by atoms with Crippen molar-refractivity contribution in [3.8, 4) is 17.2 Å². The van der Waals surface area contributed by atoms with Gasteiger partial charge in [0.1, 0.15) is 11.4 Å². The molecule has 4 rings (SSSR count). The second kappa shape index (κ2) is 5.57. The number of fused-ring (bicyclic) bond motifs is 1. The maximum absolute atomic E-state index is 5.45. The van der Waals surface area contributed by atoms with Crippen LogP contribution < -0.4 is 4.74 Å². The number of furan rings is 1. The molecule has 6 nitrogen and oxygen atoms in total. The molecule has 0 unspecified atom stereocenters. The number of nitrogens with zero attached hydrogens (tertiary/aromatic N) is 4. The molecule has 3 aromatic heterocycles. The van der Waals surface area contributed by atoms with Crippen LogP contribution in [0.5, 0.6) is 5.75 Å². The molecule has 0 radical (unpaired) electrons. The zero-order chi connectivity index (χ0) is 15.6. The van der Waals surface area contributed by atoms with E-state index < -0.39 is 0 Å². The first-order valence-corrected chi connectivity index (χ1v) is 7.21. The average molecular weight is 306 g/mol. The molecule has 6 heteroatoms. The van der Waals surface area contributed by atoms with Crippen LogP contribution in [-0.4, -0.2) is 26.7 Å². The van der Waals surface area contributed by atoms with E-state index in [4.69, 9.17) is 9.15 Å². The van der Waals surface area contributed by atoms with Crippen LogP contribution in [0.25, 0.3) is 17.2 Å². The fraction of sp³-hybridized carbons (Fsp3) is 0.118. The SMILES string of the molecule is COc1ccc(Cc2nc3nccc(-c4ccco4)n3n2)cc1. The van der Waals surface area contributed by atoms with Gasteiger partial charge in [-0.25, -0.2) is 4.98 Å². The van der Waals surface area contributed by atoms with Crippen LogP contribution in [0.1, 0.15) is 11.4 Å². The maximum atomic E-state index is 5.45. The Hall–Kier alpha value is -3.15. The largest absolute Gasteiger partial charge is 0.497 e. The van der Waals surface area contributed by atoms with Gasteiger partial charge in [-0.05, 0) is 35.9 Å². The standard InChI is InChI=1S/C17H14N4O2/c1-22-13-6-4-12(5-7-13)11-16-19-17-18-9-8-14(21(17)20-16)15-3-2-10-23-15/h2-10H,11H2,1H3. The maximum Gasteiger partial charge on any atom is 0.253 e. The van der Waals surface area contributed by atoms with Gasteiger partial charge in [-0.15, -0.1) is 5.10 Å². The summed E-state index contributed by atoms with van der Waals surface area (Å²) in [6.45, 7) is 0. The summed E-state index contributed by atoms with van der Waals surface area (Å²) in [7, 11) is 1.65. The number of aromatic nitrogens is 4. The molecule has 0 atom stereocenters. The lowest BCUT2D eigenvalue weighted by molar-refractivity contribution is 0.414. The molecule has 0 aliphatic carbocycles. The van der Waals surface area contributed by atoms with Crippen molar-refractivity contribution < 1.29 is 9.15 Å². The van der Waals surface area contributed by atoms with Crippen LogP contribution in [0, 0.1) is 0 Å². The predicted molar refractivity (Wildman–Crippen MR) is 84.3 cm³/mol. The molecule has 0 fully saturated rings. The topological polar surface area (TPSA) is 65.5 Å². The Morgan fingerprint density at radius 3 is 2.74 bits per heavy atom. The molecule has 1 aromatic carbocycles. The summed E-state index contributed by atoms with van der Waals surface area (Å²) in [5.41, 5.74) is 1.94. The van der Waals surface area contributed by atoms with Gasteiger partial charge in [0.05, 0.1) is 13.4 Å². The summed E-state index contributed by atoms with van der Waals surface area (Å²) in [5.74, 6) is 2.83. The van der Waals surface area contributed by atoms with Gasteiger partial charge in [-0.3, -0.25) is 0 Å². The highest BCUT2D eigenvalue weighted by Crippen LogP contribution is 2.20. The van der Waals surface area contributed by atoms with Crippen molar-refractivity contribution in [2.24, 2.45) is 0 Å². The second-order valence-electron chi connectivity index (χ2n) is 5.07. The molecule has 23 heavy (non-hydrogen) atoms. The molecule has 0 amide bonds. The molecule has 4 aromatic rings. The van der Waals surface area contributed by atoms with Crippen LogP contribution in [0.4, 0.5) is 0 Å². The van der Waals surface area contributed by atoms with Crippen LogP contribution >= 0.6 is 0 Å². The van der Waals surface area contributed by atoms with Gasteiger partial charge in [0.25, 0.3) is 5.78 Å². The van der Waals surface area contributed by atoms with E-state index >= 15 is 0 Å². The van der Waals surface area contributed by atoms with E-state index in [-0.39, 0.29) is 0 Å². The normalized spacial score (nSPS) is 11.0. The minimum atomic E-state index is 0.558. The van der Waals surface area contributed by atoms with E-state index in [0.29, 0.717) is 18.0 Å². The first kappa shape index (κ1) is 13.5. The van der Waals surface area contributed by atoms with Crippen LogP contribution in [0.15, 0.2) is 59.3 Å². The molecule has 0 N–H and O–H groups in total. The van der Waals surface area contributed by atoms with E-state index in [1.54, 1.807) is 24.1 Å². The molecular weight excluding hydrogens is 292 g/mol. The Bertz CT molecular complexity index is 927. The Balaban J connectivity index is 1.70. The summed E-state index contributed by atoms with van der Waals surface area (Å²) in [6, 6.07) is 13.5. The Kier molecular flexibility index (Phi) is 3.27. The van der Waals surface area contributed by atoms with Crippen molar-refractivity contribution in [3.63, 3.8) is 0 Å². The van der Waals surface area contributed by atoms with Crippen LogP contribution in [0.2, 0.25) is 0 Å². The van der Waals surface area contributed by atoms with Gasteiger partial charge in [0, 0.05) is 12.6 Å². The van der Waals surface area contributed by atoms with Gasteiger partial charge in [-0.2, -0.15) is 9.50 Å². The zero-order valence-electron chi connectivity index (χ0n) is 12.5. The number of hydrogen-bond acceptors (Lipinski definition) is 5. The van der Waals surface area contributed by atoms with Crippen molar-refractivity contribution in [1.29, 1.82) is 0 Å². The number of methoxy groups -OCH3 is 1. The third kappa shape index (κ3) is 2.55. The van der Waals surface area contributed by atoms with Gasteiger partial charge in [0.2, 0.25) is 0 Å². The van der Waals surface area contributed by atoms with Crippen molar-refractivity contribution in [1.82, 2.24) is 19.6 Å². The fourth-order valence-electron chi connectivity index (χ4n) is 2.45. The summed E-state index contributed by atoms with van der Waals surface area (Å²) in [5, 5.41) is 4.56. The third-order valence-corrected chi connectivity index (χ3v) is 3.58. The van der Waals surface area contributed by atoms with Crippen LogP contribution in [-0.2, 0) is 6.42 Å². The highest BCUT2D eigenvalue weighted by Gasteiger charge is 2.11. The zero-order valence-corrected chi connectivity index (χ0v) is 12.5. The summed E-state index contributed by atoms with van der Waals surface area (Å²) >= 11 is 0. The van der Waals surface area contributed by atoms with E-state index in [1.165, 1.54) is 0 Å². The van der Waals surface area contributed by atoms with Crippen molar-refractivity contribution in [3.05, 3.63) is 66.3 Å². The van der Waals surface area contributed by atoms with Crippen molar-refractivity contribution in [2.45, 2.75) is 6.42 Å². The molecule has 0 aliphatic heterocycles. The lowest BCUT2D eigenvalue weighted by atomic mass is 10.1. The van der Waals surface area contributed by atoms with Gasteiger partial charge in [0.15, 0.2) is 11.6 Å². The van der Waals surface area contributed by atoms with E-state index in [2.05, 4.69) is 15.1 Å². The molecule has 0 saturated carbocycles. The van der Waals surface area contributed by atoms with E-state index in [9.17, 15) is 0 Å². The monoisotopic (exact) mass is 306 g/mol. The van der Waals surface area contributed by atoms with E-state index in [1.807, 2.05) is 42.5 Å². The minimum absolute atomic E-state index is 0.558. The summed E-state index contributed by atoms with van der Waals surface area (Å²) < 4.78 is 12.3.